The molecular weight excluding hydrogens is 198 g/mol. The number of ether oxygens (including phenoxy) is 1. The van der Waals surface area contributed by atoms with Crippen LogP contribution in [0.4, 0.5) is 0 Å². The van der Waals surface area contributed by atoms with Gasteiger partial charge in [0, 0.05) is 6.42 Å². The van der Waals surface area contributed by atoms with Crippen LogP contribution in [-0.2, 0) is 12.8 Å². The molecule has 1 aromatic carbocycles. The van der Waals surface area contributed by atoms with E-state index in [1.54, 1.807) is 0 Å². The first-order valence-electron chi connectivity index (χ1n) is 6.26. The maximum Gasteiger partial charge on any atom is 0.122 e. The van der Waals surface area contributed by atoms with E-state index < -0.39 is 0 Å². The topological polar surface area (TPSA) is 35.2 Å². The molecule has 0 aromatic heterocycles. The van der Waals surface area contributed by atoms with Crippen molar-refractivity contribution in [3.8, 4) is 5.75 Å². The third kappa shape index (κ3) is 1.82. The lowest BCUT2D eigenvalue weighted by molar-refractivity contribution is 0.356. The van der Waals surface area contributed by atoms with Crippen LogP contribution in [0, 0.1) is 5.41 Å². The van der Waals surface area contributed by atoms with E-state index in [2.05, 4.69) is 18.2 Å². The smallest absolute Gasteiger partial charge is 0.122 e. The zero-order valence-corrected chi connectivity index (χ0v) is 9.67. The standard InChI is InChI=1S/C14H19NO/c15-7-6-14(4-5-14)10-11-1-2-13-12(9-11)3-8-16-13/h1-2,9H,3-8,10,15H2. The van der Waals surface area contributed by atoms with Crippen LogP contribution >= 0.6 is 0 Å². The summed E-state index contributed by atoms with van der Waals surface area (Å²) in [5.74, 6) is 1.09. The Bertz CT molecular complexity index is 396. The molecule has 3 rings (SSSR count). The Hall–Kier alpha value is -1.02. The van der Waals surface area contributed by atoms with Crippen LogP contribution < -0.4 is 10.5 Å². The number of hydrogen-bond acceptors (Lipinski definition) is 2. The molecule has 2 N–H and O–H groups in total. The van der Waals surface area contributed by atoms with Crippen molar-refractivity contribution in [3.05, 3.63) is 29.3 Å². The SMILES string of the molecule is NCCC1(Cc2ccc3c(c2)CCO3)CC1. The van der Waals surface area contributed by atoms with E-state index in [0.29, 0.717) is 5.41 Å². The molecule has 16 heavy (non-hydrogen) atoms. The van der Waals surface area contributed by atoms with Gasteiger partial charge in [-0.3, -0.25) is 0 Å². The van der Waals surface area contributed by atoms with Crippen molar-refractivity contribution < 1.29 is 4.74 Å². The van der Waals surface area contributed by atoms with Crippen molar-refractivity contribution in [2.45, 2.75) is 32.1 Å². The summed E-state index contributed by atoms with van der Waals surface area (Å²) in [6.45, 7) is 1.68. The third-order valence-electron chi connectivity index (χ3n) is 3.96. The van der Waals surface area contributed by atoms with Gasteiger partial charge in [-0.2, -0.15) is 0 Å². The highest BCUT2D eigenvalue weighted by Crippen LogP contribution is 2.51. The van der Waals surface area contributed by atoms with Crippen molar-refractivity contribution in [1.82, 2.24) is 0 Å². The van der Waals surface area contributed by atoms with Gasteiger partial charge in [0.05, 0.1) is 6.61 Å². The van der Waals surface area contributed by atoms with Gasteiger partial charge in [-0.1, -0.05) is 12.1 Å². The molecule has 0 amide bonds. The summed E-state index contributed by atoms with van der Waals surface area (Å²) in [6, 6.07) is 6.69. The van der Waals surface area contributed by atoms with E-state index >= 15 is 0 Å². The molecule has 0 atom stereocenters. The van der Waals surface area contributed by atoms with E-state index in [4.69, 9.17) is 10.5 Å². The first-order valence-corrected chi connectivity index (χ1v) is 6.26. The highest BCUT2D eigenvalue weighted by molar-refractivity contribution is 5.40. The summed E-state index contributed by atoms with van der Waals surface area (Å²) in [4.78, 5) is 0. The fraction of sp³-hybridized carbons (Fsp3) is 0.571. The molecule has 0 spiro atoms. The van der Waals surface area contributed by atoms with Crippen LogP contribution in [0.5, 0.6) is 5.75 Å². The lowest BCUT2D eigenvalue weighted by Crippen LogP contribution is -2.12. The predicted octanol–water partition coefficient (Wildman–Crippen LogP) is 2.29. The Morgan fingerprint density at radius 2 is 2.19 bits per heavy atom. The quantitative estimate of drug-likeness (QED) is 0.840. The van der Waals surface area contributed by atoms with E-state index in [1.165, 1.54) is 36.8 Å². The Kier molecular flexibility index (Phi) is 2.40. The van der Waals surface area contributed by atoms with Crippen molar-refractivity contribution in [3.63, 3.8) is 0 Å². The molecular formula is C14H19NO. The fourth-order valence-corrected chi connectivity index (χ4v) is 2.78. The molecule has 0 radical (unpaired) electrons. The summed E-state index contributed by atoms with van der Waals surface area (Å²) >= 11 is 0. The van der Waals surface area contributed by atoms with Gasteiger partial charge in [0.2, 0.25) is 0 Å². The summed E-state index contributed by atoms with van der Waals surface area (Å²) in [6.07, 6.45) is 6.18. The van der Waals surface area contributed by atoms with E-state index in [-0.39, 0.29) is 0 Å². The largest absolute Gasteiger partial charge is 0.493 e. The van der Waals surface area contributed by atoms with E-state index in [9.17, 15) is 0 Å². The minimum Gasteiger partial charge on any atom is -0.493 e. The van der Waals surface area contributed by atoms with Gasteiger partial charge < -0.3 is 10.5 Å². The number of hydrogen-bond donors (Lipinski definition) is 1. The average Bonchev–Trinajstić information content (AvgIpc) is 2.87. The Morgan fingerprint density at radius 3 is 2.94 bits per heavy atom. The van der Waals surface area contributed by atoms with Gasteiger partial charge in [0.25, 0.3) is 0 Å². The molecule has 0 bridgehead atoms. The number of nitrogens with two attached hydrogens (primary N) is 1. The van der Waals surface area contributed by atoms with E-state index in [0.717, 1.165) is 25.3 Å². The number of fused-ring (bicyclic) bond motifs is 1. The maximum absolute atomic E-state index is 5.68. The Balaban J connectivity index is 1.75. The molecule has 1 fully saturated rings. The zero-order chi connectivity index (χ0) is 11.0. The molecule has 1 saturated carbocycles. The van der Waals surface area contributed by atoms with Gasteiger partial charge in [-0.15, -0.1) is 0 Å². The van der Waals surface area contributed by atoms with Crippen LogP contribution in [0.3, 0.4) is 0 Å². The van der Waals surface area contributed by atoms with Gasteiger partial charge in [-0.25, -0.2) is 0 Å². The van der Waals surface area contributed by atoms with Gasteiger partial charge in [0.15, 0.2) is 0 Å². The van der Waals surface area contributed by atoms with Gasteiger partial charge in [0.1, 0.15) is 5.75 Å². The Labute approximate surface area is 96.8 Å². The summed E-state index contributed by atoms with van der Waals surface area (Å²) in [5, 5.41) is 0. The van der Waals surface area contributed by atoms with Crippen LogP contribution in [0.15, 0.2) is 18.2 Å². The molecule has 2 heteroatoms. The Morgan fingerprint density at radius 1 is 1.31 bits per heavy atom. The zero-order valence-electron chi connectivity index (χ0n) is 9.67. The fourth-order valence-electron chi connectivity index (χ4n) is 2.78. The number of benzene rings is 1. The van der Waals surface area contributed by atoms with Crippen molar-refractivity contribution in [2.75, 3.05) is 13.2 Å². The third-order valence-corrected chi connectivity index (χ3v) is 3.96. The summed E-state index contributed by atoms with van der Waals surface area (Å²) in [7, 11) is 0. The molecule has 1 aromatic rings. The molecule has 1 aliphatic carbocycles. The number of rotatable bonds is 4. The molecule has 0 saturated heterocycles. The van der Waals surface area contributed by atoms with Crippen LogP contribution in [0.25, 0.3) is 0 Å². The molecule has 1 aliphatic heterocycles. The summed E-state index contributed by atoms with van der Waals surface area (Å²) < 4.78 is 5.53. The van der Waals surface area contributed by atoms with Crippen LogP contribution in [-0.4, -0.2) is 13.2 Å². The van der Waals surface area contributed by atoms with Crippen LogP contribution in [0.1, 0.15) is 30.4 Å². The predicted molar refractivity (Wildman–Crippen MR) is 64.7 cm³/mol. The second-order valence-electron chi connectivity index (χ2n) is 5.26. The minimum absolute atomic E-state index is 0.544. The highest BCUT2D eigenvalue weighted by Gasteiger charge is 2.41. The van der Waals surface area contributed by atoms with Gasteiger partial charge >= 0.3 is 0 Å². The lowest BCUT2D eigenvalue weighted by Gasteiger charge is -2.14. The lowest BCUT2D eigenvalue weighted by atomic mass is 9.92. The highest BCUT2D eigenvalue weighted by atomic mass is 16.5. The molecule has 1 heterocycles. The summed E-state index contributed by atoms with van der Waals surface area (Å²) in [5.41, 5.74) is 9.08. The van der Waals surface area contributed by atoms with Crippen molar-refractivity contribution in [1.29, 1.82) is 0 Å². The second-order valence-corrected chi connectivity index (χ2v) is 5.26. The normalized spacial score (nSPS) is 20.3. The molecule has 2 nitrogen and oxygen atoms in total. The van der Waals surface area contributed by atoms with E-state index in [1.807, 2.05) is 0 Å². The van der Waals surface area contributed by atoms with Crippen LogP contribution in [0.2, 0.25) is 0 Å². The monoisotopic (exact) mass is 217 g/mol. The molecule has 86 valence electrons. The van der Waals surface area contributed by atoms with Crippen molar-refractivity contribution in [2.24, 2.45) is 11.1 Å². The van der Waals surface area contributed by atoms with Crippen molar-refractivity contribution >= 4 is 0 Å². The second kappa shape index (κ2) is 3.77. The first-order chi connectivity index (χ1) is 7.81. The average molecular weight is 217 g/mol. The first kappa shape index (κ1) is 10.2. The molecule has 2 aliphatic rings. The molecule has 0 unspecified atom stereocenters. The van der Waals surface area contributed by atoms with Gasteiger partial charge in [-0.05, 0) is 54.8 Å². The minimum atomic E-state index is 0.544. The maximum atomic E-state index is 5.68.